The minimum Gasteiger partial charge on any atom is -0.467 e. The minimum absolute atomic E-state index is 0.182. The van der Waals surface area contributed by atoms with Crippen LogP contribution in [0.3, 0.4) is 0 Å². The first-order valence-corrected chi connectivity index (χ1v) is 11.0. The molecule has 146 valence electrons. The molecule has 0 bridgehead atoms. The zero-order valence-electron chi connectivity index (χ0n) is 15.0. The van der Waals surface area contributed by atoms with E-state index in [0.29, 0.717) is 15.8 Å². The van der Waals surface area contributed by atoms with E-state index in [1.165, 1.54) is 0 Å². The van der Waals surface area contributed by atoms with Crippen molar-refractivity contribution in [1.29, 1.82) is 0 Å². The summed E-state index contributed by atoms with van der Waals surface area (Å²) < 4.78 is 33.8. The van der Waals surface area contributed by atoms with E-state index < -0.39 is 10.1 Å². The fraction of sp³-hybridized carbons (Fsp3) is 0.150. The van der Waals surface area contributed by atoms with Crippen molar-refractivity contribution in [2.24, 2.45) is 0 Å². The molecule has 0 radical (unpaired) electrons. The topological polar surface area (TPSA) is 76.8 Å². The Morgan fingerprint density at radius 3 is 2.54 bits per heavy atom. The molecule has 3 rings (SSSR count). The van der Waals surface area contributed by atoms with Gasteiger partial charge in [-0.1, -0.05) is 24.3 Å². The van der Waals surface area contributed by atoms with E-state index in [1.54, 1.807) is 65.8 Å². The average Bonchev–Trinajstić information content (AvgIpc) is 3.13. The summed E-state index contributed by atoms with van der Waals surface area (Å²) in [5, 5.41) is 0. The summed E-state index contributed by atoms with van der Waals surface area (Å²) in [6.07, 6.45) is 2.54. The fourth-order valence-electron chi connectivity index (χ4n) is 2.69. The summed E-state index contributed by atoms with van der Waals surface area (Å²) in [6.45, 7) is 0.520. The third-order valence-electron chi connectivity index (χ3n) is 3.84. The number of benzene rings is 2. The lowest BCUT2D eigenvalue weighted by Crippen LogP contribution is -2.30. The maximum absolute atomic E-state index is 13.1. The quantitative estimate of drug-likeness (QED) is 0.490. The summed E-state index contributed by atoms with van der Waals surface area (Å²) in [5.74, 6) is 0.661. The summed E-state index contributed by atoms with van der Waals surface area (Å²) in [4.78, 5) is 14.8. The molecular formula is C20H18BrNO5S. The standard InChI is InChI=1S/C20H18BrNO5S/c1-28(24,25)27-16-7-4-6-15(12-16)13-22(14-17-8-5-11-26-17)20(23)18-9-2-3-10-19(18)21/h2-12H,13-14H2,1H3. The summed E-state index contributed by atoms with van der Waals surface area (Å²) >= 11 is 3.42. The Bertz CT molecular complexity index is 1060. The molecule has 8 heteroatoms. The van der Waals surface area contributed by atoms with Gasteiger partial charge in [0.05, 0.1) is 24.6 Å². The summed E-state index contributed by atoms with van der Waals surface area (Å²) in [5.41, 5.74) is 1.26. The predicted octanol–water partition coefficient (Wildman–Crippen LogP) is 4.22. The van der Waals surface area contributed by atoms with Crippen molar-refractivity contribution in [2.75, 3.05) is 6.26 Å². The second-order valence-corrected chi connectivity index (χ2v) is 8.58. The van der Waals surface area contributed by atoms with Crippen molar-refractivity contribution in [3.63, 3.8) is 0 Å². The Balaban J connectivity index is 1.88. The van der Waals surface area contributed by atoms with Crippen molar-refractivity contribution < 1.29 is 21.8 Å². The Labute approximate surface area is 172 Å². The Morgan fingerprint density at radius 1 is 1.07 bits per heavy atom. The van der Waals surface area contributed by atoms with Crippen molar-refractivity contribution in [1.82, 2.24) is 4.90 Å². The Morgan fingerprint density at radius 2 is 1.86 bits per heavy atom. The van der Waals surface area contributed by atoms with Gasteiger partial charge in [0.2, 0.25) is 0 Å². The maximum atomic E-state index is 13.1. The van der Waals surface area contributed by atoms with Gasteiger partial charge in [0.1, 0.15) is 11.5 Å². The molecule has 0 N–H and O–H groups in total. The van der Waals surface area contributed by atoms with Crippen LogP contribution in [0.1, 0.15) is 21.7 Å². The van der Waals surface area contributed by atoms with E-state index in [9.17, 15) is 13.2 Å². The average molecular weight is 464 g/mol. The predicted molar refractivity (Wildman–Crippen MR) is 108 cm³/mol. The van der Waals surface area contributed by atoms with Crippen LogP contribution in [-0.2, 0) is 23.2 Å². The van der Waals surface area contributed by atoms with E-state index >= 15 is 0 Å². The van der Waals surface area contributed by atoms with Gasteiger partial charge in [-0.3, -0.25) is 4.79 Å². The highest BCUT2D eigenvalue weighted by atomic mass is 79.9. The molecule has 0 aliphatic heterocycles. The minimum atomic E-state index is -3.63. The number of rotatable bonds is 7. The number of halogens is 1. The highest BCUT2D eigenvalue weighted by Crippen LogP contribution is 2.22. The summed E-state index contributed by atoms with van der Waals surface area (Å²) in [6, 6.07) is 17.4. The SMILES string of the molecule is CS(=O)(=O)Oc1cccc(CN(Cc2ccco2)C(=O)c2ccccc2Br)c1. The van der Waals surface area contributed by atoms with E-state index in [4.69, 9.17) is 8.60 Å². The van der Waals surface area contributed by atoms with Crippen molar-refractivity contribution in [2.45, 2.75) is 13.1 Å². The number of furan rings is 1. The van der Waals surface area contributed by atoms with Crippen LogP contribution < -0.4 is 4.18 Å². The van der Waals surface area contributed by atoms with Crippen LogP contribution in [0.15, 0.2) is 75.8 Å². The van der Waals surface area contributed by atoms with Gasteiger partial charge < -0.3 is 13.5 Å². The van der Waals surface area contributed by atoms with Gasteiger partial charge in [-0.25, -0.2) is 0 Å². The second-order valence-electron chi connectivity index (χ2n) is 6.16. The summed E-state index contributed by atoms with van der Waals surface area (Å²) in [7, 11) is -3.63. The number of nitrogens with zero attached hydrogens (tertiary/aromatic N) is 1. The van der Waals surface area contributed by atoms with E-state index in [1.807, 2.05) is 6.07 Å². The highest BCUT2D eigenvalue weighted by Gasteiger charge is 2.20. The normalized spacial score (nSPS) is 11.2. The van der Waals surface area contributed by atoms with Crippen LogP contribution in [0.4, 0.5) is 0 Å². The molecule has 3 aromatic rings. The molecule has 2 aromatic carbocycles. The van der Waals surface area contributed by atoms with Gasteiger partial charge in [0, 0.05) is 11.0 Å². The molecule has 0 atom stereocenters. The lowest BCUT2D eigenvalue weighted by atomic mass is 10.1. The number of carbonyl (C=O) groups is 1. The fourth-order valence-corrected chi connectivity index (χ4v) is 3.59. The molecule has 0 saturated carbocycles. The molecule has 0 aliphatic carbocycles. The van der Waals surface area contributed by atoms with Crippen LogP contribution in [0, 0.1) is 0 Å². The third-order valence-corrected chi connectivity index (χ3v) is 5.02. The van der Waals surface area contributed by atoms with Gasteiger partial charge in [-0.2, -0.15) is 8.42 Å². The van der Waals surface area contributed by atoms with Crippen molar-refractivity contribution in [3.8, 4) is 5.75 Å². The van der Waals surface area contributed by atoms with Gasteiger partial charge >= 0.3 is 10.1 Å². The first-order valence-electron chi connectivity index (χ1n) is 8.36. The number of amides is 1. The maximum Gasteiger partial charge on any atom is 0.306 e. The van der Waals surface area contributed by atoms with E-state index in [0.717, 1.165) is 11.8 Å². The molecule has 28 heavy (non-hydrogen) atoms. The van der Waals surface area contributed by atoms with Gasteiger partial charge in [-0.05, 0) is 57.9 Å². The zero-order valence-corrected chi connectivity index (χ0v) is 17.4. The van der Waals surface area contributed by atoms with Gasteiger partial charge in [0.15, 0.2) is 0 Å². The molecule has 1 aromatic heterocycles. The number of hydrogen-bond acceptors (Lipinski definition) is 5. The molecule has 0 fully saturated rings. The molecule has 6 nitrogen and oxygen atoms in total. The molecule has 0 spiro atoms. The molecule has 0 aliphatic rings. The van der Waals surface area contributed by atoms with E-state index in [2.05, 4.69) is 15.9 Å². The lowest BCUT2D eigenvalue weighted by molar-refractivity contribution is 0.0716. The first kappa shape index (κ1) is 20.2. The van der Waals surface area contributed by atoms with Gasteiger partial charge in [-0.15, -0.1) is 0 Å². The molecule has 0 unspecified atom stereocenters. The van der Waals surface area contributed by atoms with Crippen LogP contribution in [-0.4, -0.2) is 25.5 Å². The smallest absolute Gasteiger partial charge is 0.306 e. The van der Waals surface area contributed by atoms with Crippen LogP contribution in [0.25, 0.3) is 0 Å². The highest BCUT2D eigenvalue weighted by molar-refractivity contribution is 9.10. The zero-order chi connectivity index (χ0) is 20.1. The lowest BCUT2D eigenvalue weighted by Gasteiger charge is -2.23. The van der Waals surface area contributed by atoms with Crippen LogP contribution in [0.5, 0.6) is 5.75 Å². The van der Waals surface area contributed by atoms with Crippen molar-refractivity contribution in [3.05, 3.63) is 88.3 Å². The van der Waals surface area contributed by atoms with E-state index in [-0.39, 0.29) is 24.7 Å². The largest absolute Gasteiger partial charge is 0.467 e. The monoisotopic (exact) mass is 463 g/mol. The Hall–Kier alpha value is -2.58. The first-order chi connectivity index (χ1) is 13.3. The molecule has 0 saturated heterocycles. The molecule has 1 amide bonds. The van der Waals surface area contributed by atoms with Crippen molar-refractivity contribution >= 4 is 32.0 Å². The van der Waals surface area contributed by atoms with Crippen LogP contribution >= 0.6 is 15.9 Å². The number of hydrogen-bond donors (Lipinski definition) is 0. The Kier molecular flexibility index (Phi) is 6.21. The molecule has 1 heterocycles. The molecular weight excluding hydrogens is 446 g/mol. The third kappa shape index (κ3) is 5.46. The number of carbonyl (C=O) groups excluding carboxylic acids is 1. The van der Waals surface area contributed by atoms with Crippen LogP contribution in [0.2, 0.25) is 0 Å². The van der Waals surface area contributed by atoms with Gasteiger partial charge in [0.25, 0.3) is 5.91 Å². The second kappa shape index (κ2) is 8.62.